The van der Waals surface area contributed by atoms with Crippen molar-refractivity contribution in [3.8, 4) is 11.5 Å². The zero-order valence-corrected chi connectivity index (χ0v) is 17.6. The molecule has 1 amide bonds. The fourth-order valence-corrected chi connectivity index (χ4v) is 3.15. The first-order valence-electron chi connectivity index (χ1n) is 9.27. The van der Waals surface area contributed by atoms with Gasteiger partial charge in [-0.15, -0.1) is 0 Å². The molecule has 0 radical (unpaired) electrons. The molecule has 2 aromatic heterocycles. The fraction of sp³-hybridized carbons (Fsp3) is 0.368. The number of aromatic nitrogens is 4. The van der Waals surface area contributed by atoms with Crippen molar-refractivity contribution in [2.24, 2.45) is 14.1 Å². The standard InChI is InChI=1S/C19H22ClN5O5/c1-4-29-12-5-7-13(8-6-12)30-10-9-21-14(26)11-25-15-16(22-18(25)20)23(2)19(28)24(3)17(15)27/h5-8H,4,9-11H2,1-3H3,(H,21,26). The zero-order valence-electron chi connectivity index (χ0n) is 16.8. The number of carbonyl (C=O) groups excluding carboxylic acids is 1. The smallest absolute Gasteiger partial charge is 0.332 e. The van der Waals surface area contributed by atoms with Gasteiger partial charge in [0.05, 0.1) is 13.2 Å². The Morgan fingerprint density at radius 2 is 1.73 bits per heavy atom. The molecule has 3 rings (SSSR count). The van der Waals surface area contributed by atoms with E-state index in [0.717, 1.165) is 10.3 Å². The minimum absolute atomic E-state index is 0.0518. The number of halogens is 1. The van der Waals surface area contributed by atoms with E-state index in [-0.39, 0.29) is 42.1 Å². The Kier molecular flexibility index (Phi) is 6.46. The van der Waals surface area contributed by atoms with E-state index in [4.69, 9.17) is 21.1 Å². The molecule has 0 spiro atoms. The van der Waals surface area contributed by atoms with Crippen molar-refractivity contribution in [3.05, 3.63) is 50.4 Å². The number of fused-ring (bicyclic) bond motifs is 1. The molecule has 0 bridgehead atoms. The van der Waals surface area contributed by atoms with E-state index in [1.54, 1.807) is 24.3 Å². The van der Waals surface area contributed by atoms with Gasteiger partial charge in [0.2, 0.25) is 11.2 Å². The lowest BCUT2D eigenvalue weighted by molar-refractivity contribution is -0.121. The number of amides is 1. The molecule has 0 saturated carbocycles. The average molecular weight is 436 g/mol. The van der Waals surface area contributed by atoms with E-state index in [0.29, 0.717) is 12.4 Å². The van der Waals surface area contributed by atoms with Crippen LogP contribution in [0.25, 0.3) is 11.2 Å². The fourth-order valence-electron chi connectivity index (χ4n) is 2.92. The zero-order chi connectivity index (χ0) is 21.8. The number of hydrogen-bond acceptors (Lipinski definition) is 6. The van der Waals surface area contributed by atoms with E-state index in [9.17, 15) is 14.4 Å². The lowest BCUT2D eigenvalue weighted by Gasteiger charge is -2.10. The second-order valence-corrected chi connectivity index (χ2v) is 6.79. The highest BCUT2D eigenvalue weighted by atomic mass is 35.5. The van der Waals surface area contributed by atoms with Gasteiger partial charge >= 0.3 is 5.69 Å². The van der Waals surface area contributed by atoms with Crippen LogP contribution in [0, 0.1) is 0 Å². The molecular weight excluding hydrogens is 414 g/mol. The van der Waals surface area contributed by atoms with Crippen LogP contribution >= 0.6 is 11.6 Å². The molecule has 2 heterocycles. The van der Waals surface area contributed by atoms with Crippen molar-refractivity contribution >= 4 is 28.7 Å². The molecule has 1 aromatic carbocycles. The second kappa shape index (κ2) is 9.04. The Bertz CT molecular complexity index is 1180. The summed E-state index contributed by atoms with van der Waals surface area (Å²) in [5.41, 5.74) is -0.881. The number of ether oxygens (including phenoxy) is 2. The SMILES string of the molecule is CCOc1ccc(OCCNC(=O)Cn2c(Cl)nc3c2c(=O)n(C)c(=O)n3C)cc1. The minimum atomic E-state index is -0.570. The van der Waals surface area contributed by atoms with Gasteiger partial charge in [0.15, 0.2) is 11.2 Å². The normalized spacial score (nSPS) is 10.9. The third kappa shape index (κ3) is 4.33. The van der Waals surface area contributed by atoms with Crippen LogP contribution in [0.2, 0.25) is 5.28 Å². The van der Waals surface area contributed by atoms with Gasteiger partial charge in [-0.05, 0) is 42.8 Å². The molecule has 0 aliphatic carbocycles. The van der Waals surface area contributed by atoms with Crippen LogP contribution in [-0.2, 0) is 25.4 Å². The van der Waals surface area contributed by atoms with Crippen molar-refractivity contribution in [1.82, 2.24) is 24.0 Å². The Balaban J connectivity index is 1.61. The summed E-state index contributed by atoms with van der Waals surface area (Å²) >= 11 is 6.11. The number of carbonyl (C=O) groups is 1. The summed E-state index contributed by atoms with van der Waals surface area (Å²) in [4.78, 5) is 40.9. The molecule has 0 aliphatic heterocycles. The maximum absolute atomic E-state index is 12.5. The maximum atomic E-state index is 12.5. The predicted molar refractivity (Wildman–Crippen MR) is 111 cm³/mol. The van der Waals surface area contributed by atoms with Gasteiger partial charge in [0, 0.05) is 14.1 Å². The van der Waals surface area contributed by atoms with Gasteiger partial charge in [-0.1, -0.05) is 0 Å². The maximum Gasteiger partial charge on any atom is 0.332 e. The lowest BCUT2D eigenvalue weighted by atomic mass is 10.3. The van der Waals surface area contributed by atoms with Crippen molar-refractivity contribution < 1.29 is 14.3 Å². The van der Waals surface area contributed by atoms with E-state index in [1.807, 2.05) is 6.92 Å². The Labute approximate surface area is 176 Å². The van der Waals surface area contributed by atoms with Gasteiger partial charge in [0.1, 0.15) is 24.7 Å². The van der Waals surface area contributed by atoms with Crippen molar-refractivity contribution in [3.63, 3.8) is 0 Å². The third-order valence-corrected chi connectivity index (χ3v) is 4.72. The molecule has 11 heteroatoms. The minimum Gasteiger partial charge on any atom is -0.494 e. The van der Waals surface area contributed by atoms with Crippen molar-refractivity contribution in [1.29, 1.82) is 0 Å². The average Bonchev–Trinajstić information content (AvgIpc) is 3.05. The summed E-state index contributed by atoms with van der Waals surface area (Å²) in [6.07, 6.45) is 0. The molecule has 3 aromatic rings. The van der Waals surface area contributed by atoms with Crippen LogP contribution < -0.4 is 26.0 Å². The van der Waals surface area contributed by atoms with Gasteiger partial charge in [-0.3, -0.25) is 23.3 Å². The Morgan fingerprint density at radius 1 is 1.10 bits per heavy atom. The summed E-state index contributed by atoms with van der Waals surface area (Å²) < 4.78 is 14.4. The van der Waals surface area contributed by atoms with Crippen LogP contribution in [0.15, 0.2) is 33.9 Å². The van der Waals surface area contributed by atoms with Crippen LogP contribution in [-0.4, -0.2) is 44.4 Å². The molecule has 0 atom stereocenters. The summed E-state index contributed by atoms with van der Waals surface area (Å²) in [5.74, 6) is 1.04. The molecule has 160 valence electrons. The van der Waals surface area contributed by atoms with Gasteiger partial charge in [-0.2, -0.15) is 4.98 Å². The number of nitrogens with zero attached hydrogens (tertiary/aromatic N) is 4. The number of nitrogens with one attached hydrogen (secondary N) is 1. The number of aryl methyl sites for hydroxylation is 1. The first kappa shape index (κ1) is 21.4. The molecule has 0 aliphatic rings. The van der Waals surface area contributed by atoms with E-state index in [1.165, 1.54) is 23.2 Å². The third-order valence-electron chi connectivity index (χ3n) is 4.43. The number of rotatable bonds is 8. The number of imidazole rings is 1. The van der Waals surface area contributed by atoms with Crippen LogP contribution in [0.5, 0.6) is 11.5 Å². The van der Waals surface area contributed by atoms with Crippen LogP contribution in [0.1, 0.15) is 6.92 Å². The molecule has 10 nitrogen and oxygen atoms in total. The predicted octanol–water partition coefficient (Wildman–Crippen LogP) is 0.681. The van der Waals surface area contributed by atoms with Gasteiger partial charge in [0.25, 0.3) is 5.56 Å². The van der Waals surface area contributed by atoms with Gasteiger partial charge in [-0.25, -0.2) is 4.79 Å². The lowest BCUT2D eigenvalue weighted by Crippen LogP contribution is -2.38. The van der Waals surface area contributed by atoms with E-state index < -0.39 is 11.2 Å². The van der Waals surface area contributed by atoms with E-state index >= 15 is 0 Å². The number of hydrogen-bond donors (Lipinski definition) is 1. The topological polar surface area (TPSA) is 109 Å². The first-order valence-corrected chi connectivity index (χ1v) is 9.65. The quantitative estimate of drug-likeness (QED) is 0.411. The van der Waals surface area contributed by atoms with Crippen LogP contribution in [0.3, 0.4) is 0 Å². The molecule has 0 fully saturated rings. The van der Waals surface area contributed by atoms with Crippen molar-refractivity contribution in [2.75, 3.05) is 19.8 Å². The van der Waals surface area contributed by atoms with Crippen molar-refractivity contribution in [2.45, 2.75) is 13.5 Å². The molecule has 0 unspecified atom stereocenters. The largest absolute Gasteiger partial charge is 0.494 e. The highest BCUT2D eigenvalue weighted by Crippen LogP contribution is 2.17. The summed E-state index contributed by atoms with van der Waals surface area (Å²) in [7, 11) is 2.84. The second-order valence-electron chi connectivity index (χ2n) is 6.45. The Hall–Kier alpha value is -3.27. The van der Waals surface area contributed by atoms with Gasteiger partial charge < -0.3 is 14.8 Å². The molecular formula is C19H22ClN5O5. The molecule has 0 saturated heterocycles. The molecule has 1 N–H and O–H groups in total. The van der Waals surface area contributed by atoms with E-state index in [2.05, 4.69) is 10.3 Å². The van der Waals surface area contributed by atoms with Crippen LogP contribution in [0.4, 0.5) is 0 Å². The summed E-state index contributed by atoms with van der Waals surface area (Å²) in [5, 5.41) is 2.65. The highest BCUT2D eigenvalue weighted by Gasteiger charge is 2.19. The number of benzene rings is 1. The first-order chi connectivity index (χ1) is 14.3. The summed E-state index contributed by atoms with van der Waals surface area (Å²) in [6.45, 7) is 2.80. The highest BCUT2D eigenvalue weighted by molar-refractivity contribution is 6.29. The molecule has 30 heavy (non-hydrogen) atoms. The monoisotopic (exact) mass is 435 g/mol. The summed E-state index contributed by atoms with van der Waals surface area (Å²) in [6, 6.07) is 7.17. The Morgan fingerprint density at radius 3 is 2.37 bits per heavy atom.